The summed E-state index contributed by atoms with van der Waals surface area (Å²) >= 11 is 0. The molecule has 0 bridgehead atoms. The third kappa shape index (κ3) is 8.15. The van der Waals surface area contributed by atoms with Crippen LogP contribution >= 0.6 is 0 Å². The summed E-state index contributed by atoms with van der Waals surface area (Å²) < 4.78 is 0. The van der Waals surface area contributed by atoms with Gasteiger partial charge in [0.25, 0.3) is 0 Å². The zero-order chi connectivity index (χ0) is 21.9. The smallest absolute Gasteiger partial charge is 0.319 e. The van der Waals surface area contributed by atoms with Crippen LogP contribution in [0.3, 0.4) is 0 Å². The number of benzene rings is 2. The molecule has 2 rings (SSSR count). The second-order valence-corrected chi connectivity index (χ2v) is 7.81. The minimum absolute atomic E-state index is 0.174. The molecule has 0 aliphatic carbocycles. The topological polar surface area (TPSA) is 82.3 Å². The van der Waals surface area contributed by atoms with Crippen molar-refractivity contribution in [3.8, 4) is 0 Å². The molecule has 0 atom stereocenters. The van der Waals surface area contributed by atoms with Gasteiger partial charge in [0, 0.05) is 24.5 Å². The van der Waals surface area contributed by atoms with Gasteiger partial charge in [-0.25, -0.2) is 9.59 Å². The molecule has 6 heteroatoms. The van der Waals surface area contributed by atoms with Gasteiger partial charge in [0.1, 0.15) is 0 Å². The van der Waals surface area contributed by atoms with Gasteiger partial charge in [-0.15, -0.1) is 0 Å². The second-order valence-electron chi connectivity index (χ2n) is 7.81. The van der Waals surface area contributed by atoms with E-state index in [9.17, 15) is 9.59 Å². The second kappa shape index (κ2) is 11.9. The van der Waals surface area contributed by atoms with E-state index in [0.717, 1.165) is 48.2 Å². The highest BCUT2D eigenvalue weighted by molar-refractivity contribution is 5.90. The highest BCUT2D eigenvalue weighted by Crippen LogP contribution is 2.16. The Kier molecular flexibility index (Phi) is 9.19. The van der Waals surface area contributed by atoms with Gasteiger partial charge in [-0.1, -0.05) is 48.2 Å². The number of hydrogen-bond donors (Lipinski definition) is 4. The first-order valence-corrected chi connectivity index (χ1v) is 10.6. The van der Waals surface area contributed by atoms with Crippen molar-refractivity contribution in [2.75, 3.05) is 23.7 Å². The van der Waals surface area contributed by atoms with Crippen LogP contribution in [0.15, 0.2) is 36.4 Å². The molecular weight excluding hydrogens is 376 g/mol. The van der Waals surface area contributed by atoms with Gasteiger partial charge in [0.15, 0.2) is 0 Å². The van der Waals surface area contributed by atoms with E-state index >= 15 is 0 Å². The maximum absolute atomic E-state index is 12.0. The van der Waals surface area contributed by atoms with Crippen molar-refractivity contribution in [1.29, 1.82) is 0 Å². The van der Waals surface area contributed by atoms with Gasteiger partial charge in [0.2, 0.25) is 0 Å². The van der Waals surface area contributed by atoms with E-state index in [-0.39, 0.29) is 12.1 Å². The van der Waals surface area contributed by atoms with E-state index in [0.29, 0.717) is 13.1 Å². The summed E-state index contributed by atoms with van der Waals surface area (Å²) in [6, 6.07) is 11.6. The van der Waals surface area contributed by atoms with Crippen LogP contribution in [0.1, 0.15) is 47.9 Å². The summed E-state index contributed by atoms with van der Waals surface area (Å²) in [6.07, 6.45) is 3.83. The van der Waals surface area contributed by atoms with Crippen LogP contribution in [0.2, 0.25) is 0 Å². The lowest BCUT2D eigenvalue weighted by Crippen LogP contribution is -2.30. The molecule has 0 radical (unpaired) electrons. The third-order valence-corrected chi connectivity index (χ3v) is 4.93. The predicted molar refractivity (Wildman–Crippen MR) is 124 cm³/mol. The number of hydrogen-bond acceptors (Lipinski definition) is 2. The number of anilines is 2. The molecule has 2 aromatic rings. The number of carbonyl (C=O) groups excluding carboxylic acids is 2. The van der Waals surface area contributed by atoms with Crippen LogP contribution in [0.25, 0.3) is 0 Å². The Bertz CT molecular complexity index is 793. The molecule has 0 spiro atoms. The fourth-order valence-electron chi connectivity index (χ4n) is 3.25. The first kappa shape index (κ1) is 23.3. The van der Waals surface area contributed by atoms with E-state index < -0.39 is 0 Å². The molecule has 4 N–H and O–H groups in total. The minimum atomic E-state index is -0.174. The Morgan fingerprint density at radius 3 is 1.40 bits per heavy atom. The SMILES string of the molecule is Cc1ccc(NC(=O)NCCCCCCNC(=O)Nc2ccc(C)cc2C)c(C)c1. The molecule has 6 nitrogen and oxygen atoms in total. The van der Waals surface area contributed by atoms with E-state index in [1.807, 2.05) is 64.1 Å². The lowest BCUT2D eigenvalue weighted by atomic mass is 10.1. The Morgan fingerprint density at radius 2 is 1.03 bits per heavy atom. The Hall–Kier alpha value is -3.02. The molecule has 0 unspecified atom stereocenters. The lowest BCUT2D eigenvalue weighted by molar-refractivity contribution is 0.250. The van der Waals surface area contributed by atoms with Crippen LogP contribution < -0.4 is 21.3 Å². The number of rotatable bonds is 9. The molecule has 0 saturated heterocycles. The lowest BCUT2D eigenvalue weighted by Gasteiger charge is -2.11. The first-order valence-electron chi connectivity index (χ1n) is 10.6. The molecule has 162 valence electrons. The summed E-state index contributed by atoms with van der Waals surface area (Å²) in [5.41, 5.74) is 6.14. The Balaban J connectivity index is 1.51. The maximum Gasteiger partial charge on any atom is 0.319 e. The van der Waals surface area contributed by atoms with E-state index in [1.54, 1.807) is 0 Å². The minimum Gasteiger partial charge on any atom is -0.338 e. The highest BCUT2D eigenvalue weighted by Gasteiger charge is 2.05. The third-order valence-electron chi connectivity index (χ3n) is 4.93. The average molecular weight is 411 g/mol. The molecule has 0 aliphatic rings. The van der Waals surface area contributed by atoms with Gasteiger partial charge in [0.05, 0.1) is 0 Å². The zero-order valence-corrected chi connectivity index (χ0v) is 18.5. The molecule has 0 saturated carbocycles. The zero-order valence-electron chi connectivity index (χ0n) is 18.5. The van der Waals surface area contributed by atoms with Gasteiger partial charge in [-0.2, -0.15) is 0 Å². The van der Waals surface area contributed by atoms with Gasteiger partial charge < -0.3 is 21.3 Å². The summed E-state index contributed by atoms with van der Waals surface area (Å²) in [5.74, 6) is 0. The molecule has 0 fully saturated rings. The van der Waals surface area contributed by atoms with Gasteiger partial charge >= 0.3 is 12.1 Å². The first-order chi connectivity index (χ1) is 14.3. The van der Waals surface area contributed by atoms with Crippen molar-refractivity contribution in [3.63, 3.8) is 0 Å². The van der Waals surface area contributed by atoms with Crippen LogP contribution in [0.5, 0.6) is 0 Å². The van der Waals surface area contributed by atoms with Crippen molar-refractivity contribution in [1.82, 2.24) is 10.6 Å². The average Bonchev–Trinajstić information content (AvgIpc) is 2.68. The number of carbonyl (C=O) groups is 2. The number of unbranched alkanes of at least 4 members (excludes halogenated alkanes) is 3. The number of aryl methyl sites for hydroxylation is 4. The quantitative estimate of drug-likeness (QED) is 0.416. The van der Waals surface area contributed by atoms with Crippen molar-refractivity contribution in [3.05, 3.63) is 58.7 Å². The van der Waals surface area contributed by atoms with E-state index in [1.165, 1.54) is 11.1 Å². The highest BCUT2D eigenvalue weighted by atomic mass is 16.2. The molecule has 30 heavy (non-hydrogen) atoms. The normalized spacial score (nSPS) is 10.4. The van der Waals surface area contributed by atoms with E-state index in [2.05, 4.69) is 21.3 Å². The standard InChI is InChI=1S/C24H34N4O2/c1-17-9-11-21(19(3)15-17)27-23(29)25-13-7-5-6-8-14-26-24(30)28-22-12-10-18(2)16-20(22)4/h9-12,15-16H,5-8,13-14H2,1-4H3,(H2,25,27,29)(H2,26,28,30). The summed E-state index contributed by atoms with van der Waals surface area (Å²) in [5, 5.41) is 11.5. The van der Waals surface area contributed by atoms with Crippen molar-refractivity contribution >= 4 is 23.4 Å². The van der Waals surface area contributed by atoms with Crippen molar-refractivity contribution < 1.29 is 9.59 Å². The fourth-order valence-corrected chi connectivity index (χ4v) is 3.25. The number of urea groups is 2. The summed E-state index contributed by atoms with van der Waals surface area (Å²) in [7, 11) is 0. The maximum atomic E-state index is 12.0. The Labute approximate surface area is 179 Å². The molecule has 2 aromatic carbocycles. The van der Waals surface area contributed by atoms with Gasteiger partial charge in [-0.3, -0.25) is 0 Å². The number of amides is 4. The molecular formula is C24H34N4O2. The van der Waals surface area contributed by atoms with E-state index in [4.69, 9.17) is 0 Å². The molecule has 0 heterocycles. The van der Waals surface area contributed by atoms with Crippen molar-refractivity contribution in [2.45, 2.75) is 53.4 Å². The van der Waals surface area contributed by atoms with Crippen LogP contribution in [-0.2, 0) is 0 Å². The predicted octanol–water partition coefficient (Wildman–Crippen LogP) is 5.42. The molecule has 4 amide bonds. The monoisotopic (exact) mass is 410 g/mol. The van der Waals surface area contributed by atoms with Crippen molar-refractivity contribution in [2.24, 2.45) is 0 Å². The Morgan fingerprint density at radius 1 is 0.633 bits per heavy atom. The van der Waals surface area contributed by atoms with Crippen LogP contribution in [0, 0.1) is 27.7 Å². The summed E-state index contributed by atoms with van der Waals surface area (Å²) in [6.45, 7) is 9.31. The molecule has 0 aromatic heterocycles. The largest absolute Gasteiger partial charge is 0.338 e. The fraction of sp³-hybridized carbons (Fsp3) is 0.417. The van der Waals surface area contributed by atoms with Crippen LogP contribution in [-0.4, -0.2) is 25.2 Å². The summed E-state index contributed by atoms with van der Waals surface area (Å²) in [4.78, 5) is 24.0. The van der Waals surface area contributed by atoms with Crippen LogP contribution in [0.4, 0.5) is 21.0 Å². The number of nitrogens with one attached hydrogen (secondary N) is 4. The molecule has 0 aliphatic heterocycles. The van der Waals surface area contributed by atoms with Gasteiger partial charge in [-0.05, 0) is 63.8 Å².